The van der Waals surface area contributed by atoms with Gasteiger partial charge in [0.2, 0.25) is 5.89 Å². The molecule has 4 heterocycles. The SMILES string of the molecule is CC1=C(c2cc(N3CCOC(Cc4noc(C)n4)C3)ncc2Cl)N(C)c2ccccc2CC1. The van der Waals surface area contributed by atoms with E-state index >= 15 is 0 Å². The van der Waals surface area contributed by atoms with Crippen LogP contribution in [-0.4, -0.2) is 48.0 Å². The molecule has 0 radical (unpaired) electrons. The van der Waals surface area contributed by atoms with E-state index in [1.807, 2.05) is 0 Å². The minimum absolute atomic E-state index is 0.0231. The van der Waals surface area contributed by atoms with Gasteiger partial charge in [-0.2, -0.15) is 4.98 Å². The van der Waals surface area contributed by atoms with Crippen LogP contribution in [0.25, 0.3) is 5.70 Å². The molecule has 0 spiro atoms. The van der Waals surface area contributed by atoms with Crippen molar-refractivity contribution in [2.75, 3.05) is 36.5 Å². The molecule has 1 fully saturated rings. The molecule has 8 heteroatoms. The van der Waals surface area contributed by atoms with Crippen molar-refractivity contribution in [3.05, 3.63) is 70.0 Å². The summed E-state index contributed by atoms with van der Waals surface area (Å²) in [5.74, 6) is 2.14. The standard InChI is InChI=1S/C25H28ClN5O2/c1-16-8-9-18-6-4-5-7-22(18)30(3)25(16)20-13-24(27-14-21(20)26)31-10-11-32-19(15-31)12-23-28-17(2)33-29-23/h4-7,13-14,19H,8-12,15H2,1-3H3. The lowest BCUT2D eigenvalue weighted by molar-refractivity contribution is 0.0392. The summed E-state index contributed by atoms with van der Waals surface area (Å²) in [5.41, 5.74) is 6.06. The van der Waals surface area contributed by atoms with E-state index in [0.29, 0.717) is 36.3 Å². The van der Waals surface area contributed by atoms with Gasteiger partial charge in [0.15, 0.2) is 5.82 Å². The molecule has 5 rings (SSSR count). The number of hydrogen-bond acceptors (Lipinski definition) is 7. The second kappa shape index (κ2) is 9.15. The Morgan fingerprint density at radius 2 is 2.03 bits per heavy atom. The zero-order valence-electron chi connectivity index (χ0n) is 19.2. The third kappa shape index (κ3) is 4.48. The number of morpholine rings is 1. The first-order chi connectivity index (χ1) is 16.0. The number of aryl methyl sites for hydroxylation is 2. The van der Waals surface area contributed by atoms with E-state index in [9.17, 15) is 0 Å². The number of ether oxygens (including phenoxy) is 1. The van der Waals surface area contributed by atoms with Crippen molar-refractivity contribution in [2.24, 2.45) is 0 Å². The first kappa shape index (κ1) is 21.9. The molecule has 0 N–H and O–H groups in total. The van der Waals surface area contributed by atoms with E-state index in [1.54, 1.807) is 13.1 Å². The summed E-state index contributed by atoms with van der Waals surface area (Å²) in [6, 6.07) is 10.7. The molecule has 2 aliphatic heterocycles. The van der Waals surface area contributed by atoms with Crippen LogP contribution in [0.4, 0.5) is 11.5 Å². The number of fused-ring (bicyclic) bond motifs is 1. The summed E-state index contributed by atoms with van der Waals surface area (Å²) in [6.45, 7) is 6.09. The molecular formula is C25H28ClN5O2. The summed E-state index contributed by atoms with van der Waals surface area (Å²) in [5, 5.41) is 4.67. The highest BCUT2D eigenvalue weighted by Gasteiger charge is 2.26. The quantitative estimate of drug-likeness (QED) is 0.553. The third-order valence-electron chi connectivity index (χ3n) is 6.40. The molecule has 7 nitrogen and oxygen atoms in total. The Morgan fingerprint density at radius 1 is 1.18 bits per heavy atom. The maximum absolute atomic E-state index is 6.72. The molecular weight excluding hydrogens is 438 g/mol. The van der Waals surface area contributed by atoms with Crippen LogP contribution in [-0.2, 0) is 17.6 Å². The lowest BCUT2D eigenvalue weighted by Gasteiger charge is -2.34. The molecule has 0 amide bonds. The molecule has 0 aliphatic carbocycles. The van der Waals surface area contributed by atoms with Crippen molar-refractivity contribution in [2.45, 2.75) is 39.2 Å². The number of halogens is 1. The van der Waals surface area contributed by atoms with E-state index < -0.39 is 0 Å². The lowest BCUT2D eigenvalue weighted by atomic mass is 10.0. The Balaban J connectivity index is 1.43. The normalized spacial score (nSPS) is 19.0. The molecule has 1 atom stereocenters. The summed E-state index contributed by atoms with van der Waals surface area (Å²) in [7, 11) is 2.12. The Bertz CT molecular complexity index is 1190. The molecule has 1 unspecified atom stereocenters. The largest absolute Gasteiger partial charge is 0.374 e. The van der Waals surface area contributed by atoms with E-state index in [2.05, 4.69) is 69.2 Å². The first-order valence-corrected chi connectivity index (χ1v) is 11.7. The average molecular weight is 466 g/mol. The van der Waals surface area contributed by atoms with Crippen molar-refractivity contribution >= 4 is 28.8 Å². The van der Waals surface area contributed by atoms with Crippen LogP contribution in [0.5, 0.6) is 0 Å². The van der Waals surface area contributed by atoms with Crippen LogP contribution in [0.15, 0.2) is 46.6 Å². The second-order valence-electron chi connectivity index (χ2n) is 8.71. The van der Waals surface area contributed by atoms with Crippen LogP contribution < -0.4 is 9.80 Å². The van der Waals surface area contributed by atoms with Gasteiger partial charge in [0.25, 0.3) is 0 Å². The van der Waals surface area contributed by atoms with E-state index in [4.69, 9.17) is 20.9 Å². The maximum Gasteiger partial charge on any atom is 0.223 e. The van der Waals surface area contributed by atoms with Crippen molar-refractivity contribution < 1.29 is 9.26 Å². The van der Waals surface area contributed by atoms with Crippen LogP contribution in [0.1, 0.15) is 36.2 Å². The Morgan fingerprint density at radius 3 is 2.85 bits per heavy atom. The number of aromatic nitrogens is 3. The number of anilines is 2. The molecule has 1 aromatic carbocycles. The van der Waals surface area contributed by atoms with Crippen molar-refractivity contribution in [3.63, 3.8) is 0 Å². The molecule has 0 saturated carbocycles. The molecule has 3 aromatic rings. The average Bonchev–Trinajstić information content (AvgIpc) is 3.18. The summed E-state index contributed by atoms with van der Waals surface area (Å²) in [6.07, 6.45) is 4.37. The van der Waals surface area contributed by atoms with Gasteiger partial charge in [-0.15, -0.1) is 0 Å². The summed E-state index contributed by atoms with van der Waals surface area (Å²) < 4.78 is 11.1. The highest BCUT2D eigenvalue weighted by molar-refractivity contribution is 6.32. The molecule has 1 saturated heterocycles. The highest BCUT2D eigenvalue weighted by Crippen LogP contribution is 2.38. The van der Waals surface area contributed by atoms with Crippen LogP contribution >= 0.6 is 11.6 Å². The van der Waals surface area contributed by atoms with Gasteiger partial charge in [-0.1, -0.05) is 35.0 Å². The number of hydrogen-bond donors (Lipinski definition) is 0. The fraction of sp³-hybridized carbons (Fsp3) is 0.400. The zero-order chi connectivity index (χ0) is 22.9. The van der Waals surface area contributed by atoms with Gasteiger partial charge in [0.05, 0.1) is 17.7 Å². The lowest BCUT2D eigenvalue weighted by Crippen LogP contribution is -2.44. The summed E-state index contributed by atoms with van der Waals surface area (Å²) in [4.78, 5) is 13.5. The number of benzene rings is 1. The van der Waals surface area contributed by atoms with Crippen LogP contribution in [0.3, 0.4) is 0 Å². The second-order valence-corrected chi connectivity index (χ2v) is 9.12. The third-order valence-corrected chi connectivity index (χ3v) is 6.70. The van der Waals surface area contributed by atoms with E-state index in [0.717, 1.165) is 36.5 Å². The van der Waals surface area contributed by atoms with Gasteiger partial charge in [-0.25, -0.2) is 4.98 Å². The number of para-hydroxylation sites is 1. The molecule has 172 valence electrons. The topological polar surface area (TPSA) is 67.5 Å². The minimum atomic E-state index is -0.0231. The van der Waals surface area contributed by atoms with Gasteiger partial charge >= 0.3 is 0 Å². The minimum Gasteiger partial charge on any atom is -0.374 e. The zero-order valence-corrected chi connectivity index (χ0v) is 20.0. The first-order valence-electron chi connectivity index (χ1n) is 11.3. The molecule has 2 aromatic heterocycles. The molecule has 0 bridgehead atoms. The van der Waals surface area contributed by atoms with Crippen LogP contribution in [0, 0.1) is 6.92 Å². The number of rotatable bonds is 4. The predicted molar refractivity (Wildman–Crippen MR) is 130 cm³/mol. The highest BCUT2D eigenvalue weighted by atomic mass is 35.5. The number of pyridine rings is 1. The number of nitrogens with zero attached hydrogens (tertiary/aromatic N) is 5. The Labute approximate surface area is 199 Å². The van der Waals surface area contributed by atoms with Gasteiger partial charge in [-0.05, 0) is 43.0 Å². The fourth-order valence-corrected chi connectivity index (χ4v) is 4.96. The van der Waals surface area contributed by atoms with Crippen molar-refractivity contribution in [1.82, 2.24) is 15.1 Å². The van der Waals surface area contributed by atoms with Crippen molar-refractivity contribution in [1.29, 1.82) is 0 Å². The van der Waals surface area contributed by atoms with Gasteiger partial charge in [0.1, 0.15) is 5.82 Å². The van der Waals surface area contributed by atoms with Gasteiger partial charge < -0.3 is 19.1 Å². The van der Waals surface area contributed by atoms with Gasteiger partial charge in [0, 0.05) is 56.6 Å². The Kier molecular flexibility index (Phi) is 6.08. The molecule has 33 heavy (non-hydrogen) atoms. The van der Waals surface area contributed by atoms with Crippen LogP contribution in [0.2, 0.25) is 5.02 Å². The fourth-order valence-electron chi connectivity index (χ4n) is 4.77. The molecule has 2 aliphatic rings. The maximum atomic E-state index is 6.72. The van der Waals surface area contributed by atoms with E-state index in [-0.39, 0.29) is 6.10 Å². The number of allylic oxidation sites excluding steroid dienone is 1. The van der Waals surface area contributed by atoms with Crippen molar-refractivity contribution in [3.8, 4) is 0 Å². The monoisotopic (exact) mass is 465 g/mol. The Hall–Kier alpha value is -2.90. The summed E-state index contributed by atoms with van der Waals surface area (Å²) >= 11 is 6.72. The smallest absolute Gasteiger partial charge is 0.223 e. The van der Waals surface area contributed by atoms with Gasteiger partial charge in [-0.3, -0.25) is 0 Å². The predicted octanol–water partition coefficient (Wildman–Crippen LogP) is 4.69. The van der Waals surface area contributed by atoms with E-state index in [1.165, 1.54) is 16.8 Å².